The Bertz CT molecular complexity index is 210. The second-order valence-corrected chi connectivity index (χ2v) is 3.35. The number of alkyl halides is 2. The lowest BCUT2D eigenvalue weighted by molar-refractivity contribution is -0.145. The minimum atomic E-state index is -2.57. The van der Waals surface area contributed by atoms with Crippen molar-refractivity contribution < 1.29 is 23.0 Å². The van der Waals surface area contributed by atoms with E-state index in [-0.39, 0.29) is 19.1 Å². The summed E-state index contributed by atoms with van der Waals surface area (Å²) in [5, 5.41) is 2.67. The van der Waals surface area contributed by atoms with E-state index in [0.29, 0.717) is 13.2 Å². The summed E-state index contributed by atoms with van der Waals surface area (Å²) in [7, 11) is 0. The van der Waals surface area contributed by atoms with Gasteiger partial charge in [0.1, 0.15) is 0 Å². The van der Waals surface area contributed by atoms with Crippen LogP contribution in [-0.4, -0.2) is 44.3 Å². The number of ether oxygens (including phenoxy) is 2. The molecule has 6 heteroatoms. The molecule has 0 unspecified atom stereocenters. The van der Waals surface area contributed by atoms with Crippen molar-refractivity contribution in [3.05, 3.63) is 0 Å². The minimum Gasteiger partial charge on any atom is -0.466 e. The van der Waals surface area contributed by atoms with Gasteiger partial charge in [-0.05, 0) is 6.92 Å². The van der Waals surface area contributed by atoms with Gasteiger partial charge in [0.2, 0.25) is 0 Å². The van der Waals surface area contributed by atoms with E-state index >= 15 is 0 Å². The third-order valence-corrected chi connectivity index (χ3v) is 2.08. The van der Waals surface area contributed by atoms with Gasteiger partial charge in [-0.15, -0.1) is 0 Å². The van der Waals surface area contributed by atoms with Gasteiger partial charge in [0.25, 0.3) is 6.43 Å². The lowest BCUT2D eigenvalue weighted by atomic mass is 10.1. The molecule has 1 heterocycles. The van der Waals surface area contributed by atoms with E-state index in [2.05, 4.69) is 10.1 Å². The molecule has 0 aromatic carbocycles. The van der Waals surface area contributed by atoms with E-state index in [1.165, 1.54) is 0 Å². The topological polar surface area (TPSA) is 47.6 Å². The molecule has 1 N–H and O–H groups in total. The van der Waals surface area contributed by atoms with Crippen LogP contribution in [0, 0.1) is 0 Å². The second-order valence-electron chi connectivity index (χ2n) is 3.35. The Hall–Kier alpha value is -0.750. The maximum atomic E-state index is 12.5. The van der Waals surface area contributed by atoms with E-state index < -0.39 is 18.4 Å². The molecule has 88 valence electrons. The SMILES string of the molecule is CCOC(=O)C[C@@H](NC1COC1)C(F)F. The van der Waals surface area contributed by atoms with Gasteiger partial charge >= 0.3 is 5.97 Å². The maximum Gasteiger partial charge on any atom is 0.307 e. The number of hydrogen-bond acceptors (Lipinski definition) is 4. The van der Waals surface area contributed by atoms with E-state index in [9.17, 15) is 13.6 Å². The molecule has 1 atom stereocenters. The summed E-state index contributed by atoms with van der Waals surface area (Å²) < 4.78 is 34.5. The van der Waals surface area contributed by atoms with Crippen molar-refractivity contribution in [1.29, 1.82) is 0 Å². The molecule has 0 aromatic heterocycles. The Balaban J connectivity index is 2.32. The van der Waals surface area contributed by atoms with Crippen LogP contribution >= 0.6 is 0 Å². The molecule has 0 bridgehead atoms. The summed E-state index contributed by atoms with van der Waals surface area (Å²) in [5.41, 5.74) is 0. The van der Waals surface area contributed by atoms with Gasteiger partial charge in [0.15, 0.2) is 0 Å². The fourth-order valence-electron chi connectivity index (χ4n) is 1.25. The molecule has 1 aliphatic heterocycles. The van der Waals surface area contributed by atoms with Crippen LogP contribution in [0.4, 0.5) is 8.78 Å². The van der Waals surface area contributed by atoms with E-state index in [4.69, 9.17) is 4.74 Å². The van der Waals surface area contributed by atoms with Crippen LogP contribution in [0.2, 0.25) is 0 Å². The van der Waals surface area contributed by atoms with Crippen molar-refractivity contribution >= 4 is 5.97 Å². The first-order chi connectivity index (χ1) is 7.13. The molecular weight excluding hydrogens is 208 g/mol. The number of carbonyl (C=O) groups is 1. The molecule has 4 nitrogen and oxygen atoms in total. The van der Waals surface area contributed by atoms with Gasteiger partial charge in [-0.2, -0.15) is 0 Å². The van der Waals surface area contributed by atoms with Gasteiger partial charge in [0.05, 0.1) is 38.3 Å². The molecule has 0 spiro atoms. The fourth-order valence-corrected chi connectivity index (χ4v) is 1.25. The third-order valence-electron chi connectivity index (χ3n) is 2.08. The Morgan fingerprint density at radius 3 is 2.67 bits per heavy atom. The Labute approximate surface area is 86.9 Å². The van der Waals surface area contributed by atoms with Gasteiger partial charge < -0.3 is 14.8 Å². The number of esters is 1. The Kier molecular flexibility index (Phi) is 4.90. The lowest BCUT2D eigenvalue weighted by Gasteiger charge is -2.30. The molecule has 0 aromatic rings. The molecular formula is C9H15F2NO3. The molecule has 0 amide bonds. The van der Waals surface area contributed by atoms with Crippen LogP contribution in [0.5, 0.6) is 0 Å². The number of halogens is 2. The van der Waals surface area contributed by atoms with Gasteiger partial charge in [0, 0.05) is 0 Å². The van der Waals surface area contributed by atoms with E-state index in [0.717, 1.165) is 0 Å². The molecule has 1 rings (SSSR count). The first kappa shape index (κ1) is 12.3. The highest BCUT2D eigenvalue weighted by molar-refractivity contribution is 5.70. The zero-order valence-corrected chi connectivity index (χ0v) is 8.54. The quantitative estimate of drug-likeness (QED) is 0.668. The molecule has 1 saturated heterocycles. The van der Waals surface area contributed by atoms with Crippen LogP contribution < -0.4 is 5.32 Å². The van der Waals surface area contributed by atoms with Crippen molar-refractivity contribution in [2.75, 3.05) is 19.8 Å². The monoisotopic (exact) mass is 223 g/mol. The zero-order chi connectivity index (χ0) is 11.3. The average molecular weight is 223 g/mol. The number of carbonyl (C=O) groups excluding carboxylic acids is 1. The first-order valence-electron chi connectivity index (χ1n) is 4.91. The normalized spacial score (nSPS) is 18.7. The van der Waals surface area contributed by atoms with Crippen LogP contribution in [-0.2, 0) is 14.3 Å². The highest BCUT2D eigenvalue weighted by Crippen LogP contribution is 2.10. The predicted molar refractivity (Wildman–Crippen MR) is 48.8 cm³/mol. The van der Waals surface area contributed by atoms with Crippen LogP contribution in [0.1, 0.15) is 13.3 Å². The second kappa shape index (κ2) is 5.97. The van der Waals surface area contributed by atoms with Crippen LogP contribution in [0.3, 0.4) is 0 Å². The summed E-state index contributed by atoms with van der Waals surface area (Å²) in [6, 6.07) is -1.21. The Morgan fingerprint density at radius 1 is 1.60 bits per heavy atom. The summed E-state index contributed by atoms with van der Waals surface area (Å²) in [6.07, 6.45) is -2.88. The minimum absolute atomic E-state index is 0.0709. The number of rotatable bonds is 6. The van der Waals surface area contributed by atoms with Crippen molar-refractivity contribution in [2.24, 2.45) is 0 Å². The van der Waals surface area contributed by atoms with Gasteiger partial charge in [-0.3, -0.25) is 4.79 Å². The third kappa shape index (κ3) is 4.09. The fraction of sp³-hybridized carbons (Fsp3) is 0.889. The van der Waals surface area contributed by atoms with Crippen molar-refractivity contribution in [2.45, 2.75) is 31.9 Å². The zero-order valence-electron chi connectivity index (χ0n) is 8.54. The number of nitrogens with one attached hydrogen (secondary N) is 1. The molecule has 0 radical (unpaired) electrons. The average Bonchev–Trinajstić information content (AvgIpc) is 2.09. The Morgan fingerprint density at radius 2 is 2.27 bits per heavy atom. The largest absolute Gasteiger partial charge is 0.466 e. The maximum absolute atomic E-state index is 12.5. The smallest absolute Gasteiger partial charge is 0.307 e. The lowest BCUT2D eigenvalue weighted by Crippen LogP contribution is -2.53. The standard InChI is InChI=1S/C9H15F2NO3/c1-2-15-8(13)3-7(9(10)11)12-6-4-14-5-6/h6-7,9,12H,2-5H2,1H3/t7-/m1/s1. The van der Waals surface area contributed by atoms with Crippen LogP contribution in [0.25, 0.3) is 0 Å². The van der Waals surface area contributed by atoms with Crippen molar-refractivity contribution in [3.63, 3.8) is 0 Å². The highest BCUT2D eigenvalue weighted by Gasteiger charge is 2.29. The summed E-state index contributed by atoms with van der Waals surface area (Å²) in [4.78, 5) is 11.0. The van der Waals surface area contributed by atoms with Gasteiger partial charge in [-0.25, -0.2) is 8.78 Å². The predicted octanol–water partition coefficient (Wildman–Crippen LogP) is 0.562. The van der Waals surface area contributed by atoms with Crippen molar-refractivity contribution in [3.8, 4) is 0 Å². The molecule has 15 heavy (non-hydrogen) atoms. The van der Waals surface area contributed by atoms with Gasteiger partial charge in [-0.1, -0.05) is 0 Å². The molecule has 0 aliphatic carbocycles. The van der Waals surface area contributed by atoms with Crippen LogP contribution in [0.15, 0.2) is 0 Å². The van der Waals surface area contributed by atoms with Crippen molar-refractivity contribution in [1.82, 2.24) is 5.32 Å². The first-order valence-corrected chi connectivity index (χ1v) is 4.91. The van der Waals surface area contributed by atoms with E-state index in [1.807, 2.05) is 0 Å². The highest BCUT2D eigenvalue weighted by atomic mass is 19.3. The van der Waals surface area contributed by atoms with E-state index in [1.54, 1.807) is 6.92 Å². The molecule has 1 fully saturated rings. The molecule has 0 saturated carbocycles. The summed E-state index contributed by atoms with van der Waals surface area (Å²) in [5.74, 6) is -0.601. The summed E-state index contributed by atoms with van der Waals surface area (Å²) in [6.45, 7) is 2.70. The summed E-state index contributed by atoms with van der Waals surface area (Å²) >= 11 is 0. The molecule has 1 aliphatic rings. The number of hydrogen-bond donors (Lipinski definition) is 1.